The van der Waals surface area contributed by atoms with E-state index in [0.29, 0.717) is 38.3 Å². The third kappa shape index (κ3) is 3.63. The molecule has 3 aromatic rings. The molecule has 8 nitrogen and oxygen atoms in total. The molecule has 0 radical (unpaired) electrons. The van der Waals surface area contributed by atoms with E-state index in [2.05, 4.69) is 21.2 Å². The lowest BCUT2D eigenvalue weighted by Gasteiger charge is -2.30. The molecule has 10 heteroatoms. The van der Waals surface area contributed by atoms with E-state index in [4.69, 9.17) is 9.47 Å². The molecule has 1 saturated heterocycles. The van der Waals surface area contributed by atoms with Crippen LogP contribution in [0, 0.1) is 15.9 Å². The van der Waals surface area contributed by atoms with Crippen LogP contribution in [-0.2, 0) is 16.9 Å². The molecule has 186 valence electrons. The molecule has 36 heavy (non-hydrogen) atoms. The zero-order valence-electron chi connectivity index (χ0n) is 19.5. The molecular weight excluding hydrogens is 533 g/mol. The van der Waals surface area contributed by atoms with Crippen molar-refractivity contribution in [3.05, 3.63) is 97.8 Å². The van der Waals surface area contributed by atoms with Gasteiger partial charge in [0.15, 0.2) is 17.0 Å². The van der Waals surface area contributed by atoms with Gasteiger partial charge in [-0.1, -0.05) is 36.4 Å². The van der Waals surface area contributed by atoms with E-state index >= 15 is 0 Å². The minimum Gasteiger partial charge on any atom is -0.493 e. The van der Waals surface area contributed by atoms with Crippen LogP contribution in [-0.4, -0.2) is 42.5 Å². The van der Waals surface area contributed by atoms with Crippen molar-refractivity contribution < 1.29 is 23.6 Å². The van der Waals surface area contributed by atoms with Crippen molar-refractivity contribution in [2.24, 2.45) is 0 Å². The van der Waals surface area contributed by atoms with Gasteiger partial charge in [-0.05, 0) is 52.8 Å². The summed E-state index contributed by atoms with van der Waals surface area (Å²) in [7, 11) is 3.20. The molecule has 3 atom stereocenters. The maximum Gasteiger partial charge on any atom is 0.256 e. The van der Waals surface area contributed by atoms with Crippen molar-refractivity contribution in [3.63, 3.8) is 0 Å². The van der Waals surface area contributed by atoms with Crippen molar-refractivity contribution in [1.29, 1.82) is 0 Å². The first kappa shape index (κ1) is 24.2. The smallest absolute Gasteiger partial charge is 0.256 e. The number of anilines is 1. The quantitative estimate of drug-likeness (QED) is 0.350. The Balaban J connectivity index is 1.54. The van der Waals surface area contributed by atoms with Gasteiger partial charge in [-0.3, -0.25) is 19.8 Å². The first-order chi connectivity index (χ1) is 17.3. The summed E-state index contributed by atoms with van der Waals surface area (Å²) in [5, 5.41) is 15.4. The van der Waals surface area contributed by atoms with Crippen molar-refractivity contribution in [2.75, 3.05) is 26.0 Å². The molecule has 2 aliphatic rings. The highest BCUT2D eigenvalue weighted by Crippen LogP contribution is 2.53. The zero-order valence-corrected chi connectivity index (χ0v) is 21.1. The number of ether oxygens (including phenoxy) is 2. The molecule has 2 heterocycles. The van der Waals surface area contributed by atoms with Crippen LogP contribution >= 0.6 is 15.9 Å². The molecule has 1 fully saturated rings. The van der Waals surface area contributed by atoms with E-state index in [-0.39, 0.29) is 23.9 Å². The molecule has 1 N–H and O–H groups in total. The Bertz CT molecular complexity index is 1370. The number of rotatable bonds is 6. The number of nitrogens with one attached hydrogen (secondary N) is 1. The molecule has 3 aromatic carbocycles. The summed E-state index contributed by atoms with van der Waals surface area (Å²) in [5.74, 6) is -0.712. The minimum atomic E-state index is -1.44. The topological polar surface area (TPSA) is 93.9 Å². The number of methoxy groups -OCH3 is 1. The van der Waals surface area contributed by atoms with Crippen molar-refractivity contribution in [3.8, 4) is 11.5 Å². The van der Waals surface area contributed by atoms with Crippen LogP contribution < -0.4 is 14.8 Å². The van der Waals surface area contributed by atoms with Gasteiger partial charge in [0.25, 0.3) is 11.9 Å². The summed E-state index contributed by atoms with van der Waals surface area (Å²) in [6, 6.07) is 15.6. The fourth-order valence-electron chi connectivity index (χ4n) is 5.44. The second-order valence-electron chi connectivity index (χ2n) is 8.90. The Morgan fingerprint density at radius 2 is 1.94 bits per heavy atom. The third-order valence-electron chi connectivity index (χ3n) is 7.05. The number of hydrogen-bond acceptors (Lipinski definition) is 6. The maximum absolute atomic E-state index is 14.1. The summed E-state index contributed by atoms with van der Waals surface area (Å²) >= 11 is 3.50. The second kappa shape index (κ2) is 9.18. The number of carbonyl (C=O) groups is 1. The third-order valence-corrected chi connectivity index (χ3v) is 7.64. The van der Waals surface area contributed by atoms with Crippen LogP contribution in [0.25, 0.3) is 0 Å². The summed E-state index contributed by atoms with van der Waals surface area (Å²) in [5.41, 5.74) is 0.744. The molecule has 2 aliphatic heterocycles. The van der Waals surface area contributed by atoms with Gasteiger partial charge in [0.2, 0.25) is 0 Å². The maximum atomic E-state index is 14.1. The molecule has 5 rings (SSSR count). The summed E-state index contributed by atoms with van der Waals surface area (Å²) in [6.45, 7) is 0.253. The zero-order chi connectivity index (χ0) is 25.6. The average molecular weight is 556 g/mol. The SMILES string of the molecule is COc1cc([C@@H]2CN(C)[C@@]3(C(=O)Nc4ccccc43)[C@H]2[N+](=O)[O-])cc(Br)c1OCc1ccccc1F. The van der Waals surface area contributed by atoms with Crippen LogP contribution in [0.1, 0.15) is 22.6 Å². The lowest BCUT2D eigenvalue weighted by molar-refractivity contribution is -0.534. The van der Waals surface area contributed by atoms with E-state index in [1.165, 1.54) is 13.2 Å². The van der Waals surface area contributed by atoms with Gasteiger partial charge in [0.1, 0.15) is 12.4 Å². The molecule has 1 spiro atoms. The molecule has 0 aromatic heterocycles. The Morgan fingerprint density at radius 1 is 1.22 bits per heavy atom. The lowest BCUT2D eigenvalue weighted by atomic mass is 9.79. The van der Waals surface area contributed by atoms with Gasteiger partial charge in [0.05, 0.1) is 17.5 Å². The van der Waals surface area contributed by atoms with Crippen LogP contribution in [0.5, 0.6) is 11.5 Å². The fourth-order valence-corrected chi connectivity index (χ4v) is 6.01. The van der Waals surface area contributed by atoms with Crippen molar-refractivity contribution >= 4 is 27.5 Å². The summed E-state index contributed by atoms with van der Waals surface area (Å²) in [6.07, 6.45) is 0. The fraction of sp³-hybridized carbons (Fsp3) is 0.269. The Kier molecular flexibility index (Phi) is 6.17. The molecule has 0 bridgehead atoms. The number of likely N-dealkylation sites (tertiary alicyclic amines) is 1. The van der Waals surface area contributed by atoms with Gasteiger partial charge in [-0.2, -0.15) is 0 Å². The largest absolute Gasteiger partial charge is 0.493 e. The Labute approximate surface area is 215 Å². The minimum absolute atomic E-state index is 0.0231. The first-order valence-electron chi connectivity index (χ1n) is 11.3. The number of nitro groups is 1. The number of fused-ring (bicyclic) bond motifs is 2. The van der Waals surface area contributed by atoms with Crippen molar-refractivity contribution in [1.82, 2.24) is 4.90 Å². The number of para-hydroxylation sites is 1. The predicted octanol–water partition coefficient (Wildman–Crippen LogP) is 4.70. The van der Waals surface area contributed by atoms with Gasteiger partial charge < -0.3 is 14.8 Å². The van der Waals surface area contributed by atoms with Crippen LogP contribution in [0.15, 0.2) is 65.1 Å². The number of nitrogens with zero attached hydrogens (tertiary/aromatic N) is 2. The molecular formula is C26H23BrFN3O5. The van der Waals surface area contributed by atoms with Gasteiger partial charge in [-0.15, -0.1) is 0 Å². The van der Waals surface area contributed by atoms with E-state index in [0.717, 1.165) is 0 Å². The average Bonchev–Trinajstić information content (AvgIpc) is 3.33. The lowest BCUT2D eigenvalue weighted by Crippen LogP contribution is -2.54. The van der Waals surface area contributed by atoms with Crippen LogP contribution in [0.3, 0.4) is 0 Å². The molecule has 1 amide bonds. The number of hydrogen-bond donors (Lipinski definition) is 1. The second-order valence-corrected chi connectivity index (χ2v) is 9.75. The van der Waals surface area contributed by atoms with Gasteiger partial charge in [0, 0.05) is 28.3 Å². The highest BCUT2D eigenvalue weighted by Gasteiger charge is 2.68. The summed E-state index contributed by atoms with van der Waals surface area (Å²) < 4.78 is 26.0. The normalized spacial score (nSPS) is 22.9. The predicted molar refractivity (Wildman–Crippen MR) is 134 cm³/mol. The standard InChI is InChI=1S/C26H23BrFN3O5/c1-30-13-17(24(31(33)34)26(30)18-8-4-6-10-21(18)29-25(26)32)16-11-19(27)23(22(12-16)35-2)36-14-15-7-3-5-9-20(15)28/h3-12,17,24H,13-14H2,1-2H3,(H,29,32)/t17-,24-,26+/m0/s1. The van der Waals surface area contributed by atoms with Crippen molar-refractivity contribution in [2.45, 2.75) is 24.1 Å². The monoisotopic (exact) mass is 555 g/mol. The highest BCUT2D eigenvalue weighted by molar-refractivity contribution is 9.10. The number of likely N-dealkylation sites (N-methyl/N-ethyl adjacent to an activating group) is 1. The van der Waals surface area contributed by atoms with Crippen LogP contribution in [0.2, 0.25) is 0 Å². The number of benzene rings is 3. The highest BCUT2D eigenvalue weighted by atomic mass is 79.9. The summed E-state index contributed by atoms with van der Waals surface area (Å²) in [4.78, 5) is 27.2. The van der Waals surface area contributed by atoms with Gasteiger partial charge in [-0.25, -0.2) is 4.39 Å². The molecule has 0 saturated carbocycles. The van der Waals surface area contributed by atoms with E-state index in [9.17, 15) is 19.3 Å². The molecule has 0 unspecified atom stereocenters. The van der Waals surface area contributed by atoms with E-state index < -0.39 is 23.4 Å². The van der Waals surface area contributed by atoms with E-state index in [1.54, 1.807) is 66.5 Å². The number of amides is 1. The van der Waals surface area contributed by atoms with Gasteiger partial charge >= 0.3 is 0 Å². The number of halogens is 2. The Hall–Kier alpha value is -3.50. The first-order valence-corrected chi connectivity index (χ1v) is 12.1. The van der Waals surface area contributed by atoms with E-state index in [1.807, 2.05) is 0 Å². The molecule has 0 aliphatic carbocycles. The number of carbonyl (C=O) groups excluding carboxylic acids is 1. The van der Waals surface area contributed by atoms with Crippen LogP contribution in [0.4, 0.5) is 10.1 Å². The Morgan fingerprint density at radius 3 is 2.67 bits per heavy atom.